The van der Waals surface area contributed by atoms with Gasteiger partial charge in [0.15, 0.2) is 5.78 Å². The molecule has 2 heterocycles. The van der Waals surface area contributed by atoms with Crippen molar-refractivity contribution in [3.63, 3.8) is 0 Å². The van der Waals surface area contributed by atoms with E-state index in [-0.39, 0.29) is 17.3 Å². The molecule has 2 fully saturated rings. The molecule has 4 nitrogen and oxygen atoms in total. The highest BCUT2D eigenvalue weighted by Gasteiger charge is 2.45. The third-order valence-corrected chi connectivity index (χ3v) is 4.90. The lowest BCUT2D eigenvalue weighted by Gasteiger charge is -2.44. The molecule has 0 aromatic heterocycles. The third kappa shape index (κ3) is 3.01. The Labute approximate surface area is 115 Å². The van der Waals surface area contributed by atoms with Crippen LogP contribution in [0.25, 0.3) is 0 Å². The predicted molar refractivity (Wildman–Crippen MR) is 72.0 cm³/mol. The van der Waals surface area contributed by atoms with Crippen molar-refractivity contribution in [2.45, 2.75) is 63.6 Å². The Morgan fingerprint density at radius 2 is 1.89 bits per heavy atom. The van der Waals surface area contributed by atoms with Crippen LogP contribution in [0.15, 0.2) is 0 Å². The van der Waals surface area contributed by atoms with Crippen LogP contribution in [0.4, 0.5) is 0 Å². The van der Waals surface area contributed by atoms with Gasteiger partial charge in [0.1, 0.15) is 5.60 Å². The molecule has 2 saturated heterocycles. The van der Waals surface area contributed by atoms with Gasteiger partial charge >= 0.3 is 0 Å². The van der Waals surface area contributed by atoms with Crippen LogP contribution >= 0.6 is 0 Å². The maximum atomic E-state index is 12.6. The summed E-state index contributed by atoms with van der Waals surface area (Å²) in [7, 11) is 0. The van der Waals surface area contributed by atoms with Crippen LogP contribution in [0.2, 0.25) is 0 Å². The second kappa shape index (κ2) is 5.90. The second-order valence-corrected chi connectivity index (χ2v) is 5.94. The van der Waals surface area contributed by atoms with Gasteiger partial charge in [-0.3, -0.25) is 4.79 Å². The quantitative estimate of drug-likeness (QED) is 0.850. The molecular weight excluding hydrogens is 244 g/mol. The number of Topliss-reactive ketones (excluding diaryl/α,β-unsaturated/α-hetero) is 1. The standard InChI is InChI=1S/C15H26O4/c1-3-15(17,4-2)13(16)12-5-8-19-14(11-12)6-9-18-10-7-14/h12,17H,3-11H2,1-2H3. The number of hydrogen-bond acceptors (Lipinski definition) is 4. The van der Waals surface area contributed by atoms with Crippen LogP contribution in [0.3, 0.4) is 0 Å². The molecule has 19 heavy (non-hydrogen) atoms. The zero-order valence-corrected chi connectivity index (χ0v) is 12.1. The average Bonchev–Trinajstić information content (AvgIpc) is 2.46. The van der Waals surface area contributed by atoms with Crippen molar-refractivity contribution >= 4 is 5.78 Å². The summed E-state index contributed by atoms with van der Waals surface area (Å²) in [4.78, 5) is 12.6. The minimum absolute atomic E-state index is 0.0201. The molecule has 2 rings (SSSR count). The topological polar surface area (TPSA) is 55.8 Å². The van der Waals surface area contributed by atoms with Crippen LogP contribution in [-0.4, -0.2) is 41.9 Å². The molecule has 110 valence electrons. The fourth-order valence-corrected chi connectivity index (χ4v) is 3.32. The van der Waals surface area contributed by atoms with Crippen molar-refractivity contribution in [2.24, 2.45) is 5.92 Å². The predicted octanol–water partition coefficient (Wildman–Crippen LogP) is 2.08. The first-order chi connectivity index (χ1) is 9.05. The Morgan fingerprint density at radius 1 is 1.26 bits per heavy atom. The number of ether oxygens (including phenoxy) is 2. The van der Waals surface area contributed by atoms with Crippen molar-refractivity contribution in [3.8, 4) is 0 Å². The van der Waals surface area contributed by atoms with Gasteiger partial charge in [-0.15, -0.1) is 0 Å². The summed E-state index contributed by atoms with van der Waals surface area (Å²) in [5.41, 5.74) is -1.33. The Balaban J connectivity index is 2.06. The number of hydrogen-bond donors (Lipinski definition) is 1. The molecule has 2 aliphatic rings. The molecule has 1 N–H and O–H groups in total. The van der Waals surface area contributed by atoms with E-state index in [1.165, 1.54) is 0 Å². The van der Waals surface area contributed by atoms with E-state index < -0.39 is 5.60 Å². The van der Waals surface area contributed by atoms with E-state index in [1.54, 1.807) is 0 Å². The fourth-order valence-electron chi connectivity index (χ4n) is 3.32. The Morgan fingerprint density at radius 3 is 2.47 bits per heavy atom. The van der Waals surface area contributed by atoms with Gasteiger partial charge in [0.25, 0.3) is 0 Å². The van der Waals surface area contributed by atoms with Crippen molar-refractivity contribution in [2.75, 3.05) is 19.8 Å². The zero-order valence-electron chi connectivity index (χ0n) is 12.1. The van der Waals surface area contributed by atoms with Crippen LogP contribution in [0.1, 0.15) is 52.4 Å². The van der Waals surface area contributed by atoms with Gasteiger partial charge < -0.3 is 14.6 Å². The maximum absolute atomic E-state index is 12.6. The van der Waals surface area contributed by atoms with Crippen LogP contribution < -0.4 is 0 Å². The van der Waals surface area contributed by atoms with E-state index in [9.17, 15) is 9.90 Å². The molecule has 0 bridgehead atoms. The first-order valence-corrected chi connectivity index (χ1v) is 7.54. The molecule has 4 heteroatoms. The number of rotatable bonds is 4. The van der Waals surface area contributed by atoms with E-state index in [4.69, 9.17) is 9.47 Å². The average molecular weight is 270 g/mol. The minimum Gasteiger partial charge on any atom is -0.382 e. The van der Waals surface area contributed by atoms with E-state index in [0.717, 1.165) is 25.7 Å². The van der Waals surface area contributed by atoms with Gasteiger partial charge in [-0.1, -0.05) is 13.8 Å². The second-order valence-electron chi connectivity index (χ2n) is 5.94. The van der Waals surface area contributed by atoms with E-state index >= 15 is 0 Å². The molecule has 1 atom stereocenters. The highest BCUT2D eigenvalue weighted by molar-refractivity contribution is 5.89. The number of carbonyl (C=O) groups is 1. The normalized spacial score (nSPS) is 27.4. The van der Waals surface area contributed by atoms with Gasteiger partial charge in [-0.2, -0.15) is 0 Å². The molecule has 0 amide bonds. The lowest BCUT2D eigenvalue weighted by Crippen LogP contribution is -2.50. The monoisotopic (exact) mass is 270 g/mol. The van der Waals surface area contributed by atoms with E-state index in [0.29, 0.717) is 32.7 Å². The van der Waals surface area contributed by atoms with Crippen LogP contribution in [0, 0.1) is 5.92 Å². The molecule has 0 saturated carbocycles. The van der Waals surface area contributed by atoms with Crippen LogP contribution in [-0.2, 0) is 14.3 Å². The van der Waals surface area contributed by atoms with E-state index in [2.05, 4.69) is 0 Å². The highest BCUT2D eigenvalue weighted by Crippen LogP contribution is 2.39. The first kappa shape index (κ1) is 14.9. The zero-order chi connectivity index (χ0) is 13.9. The Hall–Kier alpha value is -0.450. The Bertz CT molecular complexity index is 311. The van der Waals surface area contributed by atoms with Gasteiger partial charge in [-0.25, -0.2) is 0 Å². The number of ketones is 1. The van der Waals surface area contributed by atoms with Gasteiger partial charge in [0.05, 0.1) is 5.60 Å². The third-order valence-electron chi connectivity index (χ3n) is 4.90. The summed E-state index contributed by atoms with van der Waals surface area (Å²) in [5, 5.41) is 10.4. The summed E-state index contributed by atoms with van der Waals surface area (Å²) in [6.07, 6.45) is 4.22. The lowest BCUT2D eigenvalue weighted by molar-refractivity contribution is -0.167. The van der Waals surface area contributed by atoms with Gasteiger partial charge in [0.2, 0.25) is 0 Å². The SMILES string of the molecule is CCC(O)(CC)C(=O)C1CCOC2(CCOCC2)C1. The molecule has 1 spiro atoms. The minimum atomic E-state index is -1.14. The van der Waals surface area contributed by atoms with Crippen molar-refractivity contribution in [3.05, 3.63) is 0 Å². The molecule has 0 radical (unpaired) electrons. The molecule has 1 unspecified atom stereocenters. The number of carbonyl (C=O) groups excluding carboxylic acids is 1. The largest absolute Gasteiger partial charge is 0.382 e. The summed E-state index contributed by atoms with van der Waals surface area (Å²) in [6.45, 7) is 5.81. The highest BCUT2D eigenvalue weighted by atomic mass is 16.5. The summed E-state index contributed by atoms with van der Waals surface area (Å²) in [5.74, 6) is -0.0385. The molecule has 2 aliphatic heterocycles. The molecular formula is C15H26O4. The smallest absolute Gasteiger partial charge is 0.167 e. The fraction of sp³-hybridized carbons (Fsp3) is 0.933. The maximum Gasteiger partial charge on any atom is 0.167 e. The number of aliphatic hydroxyl groups is 1. The van der Waals surface area contributed by atoms with Gasteiger partial charge in [0, 0.05) is 25.7 Å². The van der Waals surface area contributed by atoms with Crippen molar-refractivity contribution in [1.82, 2.24) is 0 Å². The summed E-state index contributed by atoms with van der Waals surface area (Å²) in [6, 6.07) is 0. The van der Waals surface area contributed by atoms with Gasteiger partial charge in [-0.05, 0) is 38.5 Å². The molecule has 0 aliphatic carbocycles. The van der Waals surface area contributed by atoms with E-state index in [1.807, 2.05) is 13.8 Å². The molecule has 0 aromatic rings. The molecule has 0 aromatic carbocycles. The first-order valence-electron chi connectivity index (χ1n) is 7.54. The van der Waals surface area contributed by atoms with Crippen molar-refractivity contribution in [1.29, 1.82) is 0 Å². The van der Waals surface area contributed by atoms with Crippen molar-refractivity contribution < 1.29 is 19.4 Å². The Kier molecular flexibility index (Phi) is 4.64. The lowest BCUT2D eigenvalue weighted by atomic mass is 9.74. The summed E-state index contributed by atoms with van der Waals surface area (Å²) < 4.78 is 11.3. The summed E-state index contributed by atoms with van der Waals surface area (Å²) >= 11 is 0. The van der Waals surface area contributed by atoms with Crippen LogP contribution in [0.5, 0.6) is 0 Å².